The number of thioether (sulfide) groups is 1. The summed E-state index contributed by atoms with van der Waals surface area (Å²) in [7, 11) is 0. The monoisotopic (exact) mass is 559 g/mol. The van der Waals surface area contributed by atoms with Gasteiger partial charge in [0.15, 0.2) is 22.0 Å². The Morgan fingerprint density at radius 3 is 2.59 bits per heavy atom. The van der Waals surface area contributed by atoms with Gasteiger partial charge in [-0.25, -0.2) is 19.7 Å². The summed E-state index contributed by atoms with van der Waals surface area (Å²) in [6, 6.07) is 9.16. The molecule has 0 spiro atoms. The lowest BCUT2D eigenvalue weighted by atomic mass is 10.2. The molecule has 0 amide bonds. The fraction of sp³-hybridized carbons (Fsp3) is 0.227. The van der Waals surface area contributed by atoms with Gasteiger partial charge in [0, 0.05) is 16.0 Å². The third-order valence-corrected chi connectivity index (χ3v) is 7.38. The van der Waals surface area contributed by atoms with Crippen molar-refractivity contribution in [3.05, 3.63) is 77.7 Å². The van der Waals surface area contributed by atoms with E-state index in [9.17, 15) is 9.59 Å². The number of aromatic amines is 2. The second-order valence-corrected chi connectivity index (χ2v) is 9.93. The average Bonchev–Trinajstić information content (AvgIpc) is 3.37. The van der Waals surface area contributed by atoms with E-state index in [2.05, 4.69) is 35.9 Å². The first-order valence-corrected chi connectivity index (χ1v) is 12.6. The van der Waals surface area contributed by atoms with Gasteiger partial charge in [-0.1, -0.05) is 35.5 Å². The van der Waals surface area contributed by atoms with Crippen LogP contribution in [0.3, 0.4) is 0 Å². The molecule has 174 valence electrons. The summed E-state index contributed by atoms with van der Waals surface area (Å²) >= 11 is 10.9. The van der Waals surface area contributed by atoms with E-state index in [0.29, 0.717) is 45.1 Å². The van der Waals surface area contributed by atoms with Crippen molar-refractivity contribution < 1.29 is 0 Å². The highest BCUT2D eigenvalue weighted by molar-refractivity contribution is 9.10. The van der Waals surface area contributed by atoms with Gasteiger partial charge in [0.25, 0.3) is 5.56 Å². The molecule has 4 heterocycles. The molecule has 0 atom stereocenters. The van der Waals surface area contributed by atoms with Crippen LogP contribution in [0.4, 0.5) is 0 Å². The zero-order valence-corrected chi connectivity index (χ0v) is 21.4. The van der Waals surface area contributed by atoms with Crippen molar-refractivity contribution in [2.45, 2.75) is 37.8 Å². The van der Waals surface area contributed by atoms with Crippen LogP contribution < -0.4 is 11.2 Å². The van der Waals surface area contributed by atoms with Crippen LogP contribution in [0.15, 0.2) is 49.6 Å². The minimum atomic E-state index is -0.503. The van der Waals surface area contributed by atoms with Crippen LogP contribution in [0, 0.1) is 6.92 Å². The smallest absolute Gasteiger partial charge is 0.330 e. The largest absolute Gasteiger partial charge is 0.331 e. The fourth-order valence-corrected chi connectivity index (χ4v) is 5.04. The maximum absolute atomic E-state index is 12.7. The zero-order chi connectivity index (χ0) is 24.0. The molecule has 0 saturated carbocycles. The van der Waals surface area contributed by atoms with Crippen LogP contribution in [0.1, 0.15) is 24.0 Å². The maximum Gasteiger partial charge on any atom is 0.330 e. The number of benzene rings is 1. The van der Waals surface area contributed by atoms with Crippen LogP contribution in [-0.4, -0.2) is 34.1 Å². The third-order valence-electron chi connectivity index (χ3n) is 5.45. The maximum atomic E-state index is 12.7. The van der Waals surface area contributed by atoms with Crippen molar-refractivity contribution in [3.63, 3.8) is 0 Å². The molecular formula is C22H19BrClN7O2S. The SMILES string of the molecule is CCn1c(CSc2nc3nc(C)c(Br)cc3[nH]2)nc2c1c(=O)[nH]c(=O)n2Cc1ccc(Cl)cc1. The molecule has 0 aliphatic carbocycles. The van der Waals surface area contributed by atoms with Gasteiger partial charge in [-0.3, -0.25) is 14.3 Å². The van der Waals surface area contributed by atoms with Crippen molar-refractivity contribution in [1.29, 1.82) is 0 Å². The number of halogens is 2. The number of pyridine rings is 1. The van der Waals surface area contributed by atoms with Gasteiger partial charge in [-0.2, -0.15) is 0 Å². The topological polar surface area (TPSA) is 114 Å². The molecule has 1 aromatic carbocycles. The summed E-state index contributed by atoms with van der Waals surface area (Å²) in [6.07, 6.45) is 0. The summed E-state index contributed by atoms with van der Waals surface area (Å²) in [5.74, 6) is 1.13. The molecule has 34 heavy (non-hydrogen) atoms. The lowest BCUT2D eigenvalue weighted by Crippen LogP contribution is -2.31. The Hall–Kier alpha value is -2.89. The minimum absolute atomic E-state index is 0.264. The Kier molecular flexibility index (Phi) is 6.09. The summed E-state index contributed by atoms with van der Waals surface area (Å²) < 4.78 is 4.22. The first-order chi connectivity index (χ1) is 16.3. The van der Waals surface area contributed by atoms with Crippen LogP contribution in [0.5, 0.6) is 0 Å². The number of imidazole rings is 2. The molecule has 5 rings (SSSR count). The number of aromatic nitrogens is 7. The Labute approximate surface area is 210 Å². The lowest BCUT2D eigenvalue weighted by Gasteiger charge is -2.07. The average molecular weight is 561 g/mol. The molecule has 0 aliphatic heterocycles. The van der Waals surface area contributed by atoms with Crippen molar-refractivity contribution in [2.75, 3.05) is 0 Å². The Morgan fingerprint density at radius 2 is 1.85 bits per heavy atom. The highest BCUT2D eigenvalue weighted by atomic mass is 79.9. The van der Waals surface area contributed by atoms with E-state index in [1.165, 1.54) is 16.3 Å². The Morgan fingerprint density at radius 1 is 1.09 bits per heavy atom. The van der Waals surface area contributed by atoms with Gasteiger partial charge in [0.05, 0.1) is 23.5 Å². The first-order valence-electron chi connectivity index (χ1n) is 10.5. The highest BCUT2D eigenvalue weighted by Crippen LogP contribution is 2.26. The Bertz CT molecular complexity index is 1610. The van der Waals surface area contributed by atoms with Gasteiger partial charge in [0.2, 0.25) is 0 Å². The summed E-state index contributed by atoms with van der Waals surface area (Å²) in [5, 5.41) is 1.31. The molecule has 0 unspecified atom stereocenters. The molecule has 4 aromatic heterocycles. The molecule has 0 bridgehead atoms. The molecule has 12 heteroatoms. The summed E-state index contributed by atoms with van der Waals surface area (Å²) in [4.78, 5) is 44.8. The standard InChI is InChI=1S/C22H19BrClN7O2S/c1-3-30-16(10-34-21-26-15-8-14(23)11(2)25-18(15)28-21)27-19-17(30)20(32)29-22(33)31(19)9-12-4-6-13(24)7-5-12/h4-8H,3,9-10H2,1-2H3,(H,25,26,28)(H,29,32,33). The molecule has 2 N–H and O–H groups in total. The van der Waals surface area contributed by atoms with Crippen molar-refractivity contribution in [2.24, 2.45) is 0 Å². The van der Waals surface area contributed by atoms with Gasteiger partial charge in [-0.15, -0.1) is 0 Å². The molecule has 5 aromatic rings. The van der Waals surface area contributed by atoms with Gasteiger partial charge >= 0.3 is 5.69 Å². The van der Waals surface area contributed by atoms with E-state index in [4.69, 9.17) is 16.6 Å². The molecule has 0 radical (unpaired) electrons. The number of fused-ring (bicyclic) bond motifs is 2. The van der Waals surface area contributed by atoms with Crippen LogP contribution in [-0.2, 0) is 18.8 Å². The van der Waals surface area contributed by atoms with Gasteiger partial charge in [0.1, 0.15) is 5.82 Å². The number of nitrogens with one attached hydrogen (secondary N) is 2. The van der Waals surface area contributed by atoms with Crippen LogP contribution in [0.2, 0.25) is 5.02 Å². The van der Waals surface area contributed by atoms with E-state index in [1.807, 2.05) is 36.6 Å². The minimum Gasteiger partial charge on any atom is -0.331 e. The molecule has 0 aliphatic rings. The van der Waals surface area contributed by atoms with Crippen molar-refractivity contribution >= 4 is 61.6 Å². The Balaban J connectivity index is 1.52. The third kappa shape index (κ3) is 4.19. The van der Waals surface area contributed by atoms with E-state index in [0.717, 1.165) is 21.2 Å². The normalized spacial score (nSPS) is 11.6. The molecule has 9 nitrogen and oxygen atoms in total. The quantitative estimate of drug-likeness (QED) is 0.300. The van der Waals surface area contributed by atoms with Crippen LogP contribution >= 0.6 is 39.3 Å². The number of hydrogen-bond donors (Lipinski definition) is 2. The van der Waals surface area contributed by atoms with Crippen molar-refractivity contribution in [3.8, 4) is 0 Å². The number of H-pyrrole nitrogens is 2. The number of rotatable bonds is 6. The number of nitrogens with zero attached hydrogens (tertiary/aromatic N) is 5. The van der Waals surface area contributed by atoms with E-state index in [1.54, 1.807) is 12.1 Å². The van der Waals surface area contributed by atoms with E-state index >= 15 is 0 Å². The predicted octanol–water partition coefficient (Wildman–Crippen LogP) is 4.24. The number of aryl methyl sites for hydroxylation is 2. The van der Waals surface area contributed by atoms with Gasteiger partial charge in [-0.05, 0) is 53.5 Å². The predicted molar refractivity (Wildman–Crippen MR) is 137 cm³/mol. The van der Waals surface area contributed by atoms with Gasteiger partial charge < -0.3 is 9.55 Å². The molecule has 0 saturated heterocycles. The second-order valence-electron chi connectivity index (χ2n) is 7.67. The highest BCUT2D eigenvalue weighted by Gasteiger charge is 2.19. The first kappa shape index (κ1) is 22.9. The second kappa shape index (κ2) is 9.05. The fourth-order valence-electron chi connectivity index (χ4n) is 3.77. The molecular weight excluding hydrogens is 542 g/mol. The lowest BCUT2D eigenvalue weighted by molar-refractivity contribution is 0.736. The van der Waals surface area contributed by atoms with Crippen LogP contribution in [0.25, 0.3) is 22.3 Å². The van der Waals surface area contributed by atoms with E-state index < -0.39 is 11.2 Å². The summed E-state index contributed by atoms with van der Waals surface area (Å²) in [5.41, 5.74) is 2.98. The van der Waals surface area contributed by atoms with E-state index in [-0.39, 0.29) is 6.54 Å². The number of hydrogen-bond acceptors (Lipinski definition) is 6. The van der Waals surface area contributed by atoms with Crippen molar-refractivity contribution in [1.82, 2.24) is 34.1 Å². The summed E-state index contributed by atoms with van der Waals surface area (Å²) in [6.45, 7) is 4.65. The molecule has 0 fully saturated rings. The zero-order valence-electron chi connectivity index (χ0n) is 18.2.